The molecule has 0 amide bonds. The van der Waals surface area contributed by atoms with Crippen LogP contribution in [0.4, 0.5) is 0 Å². The van der Waals surface area contributed by atoms with E-state index >= 15 is 0 Å². The largest absolute Gasteiger partial charge is 0.478 e. The van der Waals surface area contributed by atoms with E-state index < -0.39 is 11.8 Å². The van der Waals surface area contributed by atoms with Gasteiger partial charge in [0.1, 0.15) is 5.57 Å². The minimum Gasteiger partial charge on any atom is -0.478 e. The molecule has 15 heavy (non-hydrogen) atoms. The molecular weight excluding hydrogens is 214 g/mol. The molecule has 0 saturated carbocycles. The van der Waals surface area contributed by atoms with E-state index in [4.69, 9.17) is 10.8 Å². The zero-order chi connectivity index (χ0) is 11.4. The number of aryl methyl sites for hydroxylation is 1. The van der Waals surface area contributed by atoms with Gasteiger partial charge in [-0.2, -0.15) is 0 Å². The molecule has 1 aromatic heterocycles. The molecule has 0 unspecified atom stereocenters. The molecule has 0 aromatic carbocycles. The van der Waals surface area contributed by atoms with Gasteiger partial charge in [-0.1, -0.05) is 0 Å². The van der Waals surface area contributed by atoms with Gasteiger partial charge in [-0.15, -0.1) is 11.3 Å². The van der Waals surface area contributed by atoms with Crippen LogP contribution in [0.2, 0.25) is 0 Å². The summed E-state index contributed by atoms with van der Waals surface area (Å²) in [6.45, 7) is 1.57. The van der Waals surface area contributed by atoms with Crippen molar-refractivity contribution in [3.63, 3.8) is 0 Å². The number of thiophene rings is 1. The lowest BCUT2D eigenvalue weighted by Gasteiger charge is -1.98. The molecule has 0 aliphatic rings. The molecule has 4 nitrogen and oxygen atoms in total. The summed E-state index contributed by atoms with van der Waals surface area (Å²) in [5.41, 5.74) is 5.81. The lowest BCUT2D eigenvalue weighted by atomic mass is 10.1. The molecule has 0 bridgehead atoms. The first-order valence-corrected chi connectivity index (χ1v) is 5.16. The van der Waals surface area contributed by atoms with Crippen molar-refractivity contribution in [1.82, 2.24) is 0 Å². The molecule has 0 saturated heterocycles. The monoisotopic (exact) mass is 225 g/mol. The molecule has 1 heterocycles. The maximum atomic E-state index is 11.2. The lowest BCUT2D eigenvalue weighted by molar-refractivity contribution is -0.134. The lowest BCUT2D eigenvalue weighted by Crippen LogP contribution is -2.20. The summed E-state index contributed by atoms with van der Waals surface area (Å²) in [6.07, 6.45) is 1.37. The zero-order valence-corrected chi connectivity index (χ0v) is 9.00. The van der Waals surface area contributed by atoms with Crippen LogP contribution in [0.15, 0.2) is 17.0 Å². The van der Waals surface area contributed by atoms with Crippen LogP contribution in [0.3, 0.4) is 0 Å². The van der Waals surface area contributed by atoms with Crippen LogP contribution >= 0.6 is 11.3 Å². The Morgan fingerprint density at radius 2 is 2.27 bits per heavy atom. The van der Waals surface area contributed by atoms with Gasteiger partial charge in [0.25, 0.3) is 0 Å². The number of hydrogen-bond donors (Lipinski definition) is 2. The molecular formula is C10H11NO3S. The fourth-order valence-electron chi connectivity index (χ4n) is 1.03. The second kappa shape index (κ2) is 4.86. The molecule has 0 aliphatic heterocycles. The maximum Gasteiger partial charge on any atom is 0.339 e. The van der Waals surface area contributed by atoms with E-state index in [0.717, 1.165) is 10.4 Å². The van der Waals surface area contributed by atoms with Crippen LogP contribution < -0.4 is 5.73 Å². The Hall–Kier alpha value is -1.46. The number of Topliss-reactive ketones (excluding diaryl/α,β-unsaturated/α-hetero) is 1. The molecule has 0 atom stereocenters. The van der Waals surface area contributed by atoms with Crippen molar-refractivity contribution in [3.8, 4) is 0 Å². The summed E-state index contributed by atoms with van der Waals surface area (Å²) in [6, 6.07) is 1.86. The summed E-state index contributed by atoms with van der Waals surface area (Å²) in [7, 11) is 0. The van der Waals surface area contributed by atoms with Crippen molar-refractivity contribution in [2.24, 2.45) is 5.73 Å². The summed E-state index contributed by atoms with van der Waals surface area (Å²) in [5.74, 6) is -1.80. The Kier molecular flexibility index (Phi) is 3.76. The molecule has 0 radical (unpaired) electrons. The standard InChI is InChI=1S/C10H11NO3S/c1-6-2-3-15-9(6)4-7(10(13)14)8(12)5-11/h2-4H,5,11H2,1H3,(H,13,14). The van der Waals surface area contributed by atoms with Crippen molar-refractivity contribution in [3.05, 3.63) is 27.5 Å². The van der Waals surface area contributed by atoms with Crippen molar-refractivity contribution in [2.75, 3.05) is 6.54 Å². The Bertz CT molecular complexity index is 420. The fraction of sp³-hybridized carbons (Fsp3) is 0.200. The number of aliphatic carboxylic acids is 1. The normalized spacial score (nSPS) is 11.5. The Morgan fingerprint density at radius 3 is 2.67 bits per heavy atom. The number of carbonyl (C=O) groups excluding carboxylic acids is 1. The van der Waals surface area contributed by atoms with E-state index in [-0.39, 0.29) is 12.1 Å². The zero-order valence-electron chi connectivity index (χ0n) is 8.19. The van der Waals surface area contributed by atoms with Crippen LogP contribution in [0.25, 0.3) is 6.08 Å². The maximum absolute atomic E-state index is 11.2. The molecule has 5 heteroatoms. The van der Waals surface area contributed by atoms with Crippen LogP contribution in [0.5, 0.6) is 0 Å². The number of rotatable bonds is 4. The van der Waals surface area contributed by atoms with Crippen molar-refractivity contribution >= 4 is 29.2 Å². The van der Waals surface area contributed by atoms with Crippen molar-refractivity contribution in [2.45, 2.75) is 6.92 Å². The van der Waals surface area contributed by atoms with Crippen molar-refractivity contribution in [1.29, 1.82) is 0 Å². The van der Waals surface area contributed by atoms with E-state index in [2.05, 4.69) is 0 Å². The summed E-state index contributed by atoms with van der Waals surface area (Å²) >= 11 is 1.39. The molecule has 80 valence electrons. The van der Waals surface area contributed by atoms with Gasteiger partial charge < -0.3 is 10.8 Å². The number of carboxylic acids is 1. The summed E-state index contributed by atoms with van der Waals surface area (Å²) in [4.78, 5) is 22.8. The number of ketones is 1. The van der Waals surface area contributed by atoms with Gasteiger partial charge in [-0.25, -0.2) is 4.79 Å². The predicted molar refractivity (Wildman–Crippen MR) is 58.7 cm³/mol. The van der Waals surface area contributed by atoms with Gasteiger partial charge in [0.15, 0.2) is 5.78 Å². The first-order chi connectivity index (χ1) is 7.06. The topological polar surface area (TPSA) is 80.4 Å². The Labute approximate surface area is 91.0 Å². The van der Waals surface area contributed by atoms with Gasteiger partial charge in [-0.05, 0) is 30.0 Å². The van der Waals surface area contributed by atoms with Crippen LogP contribution in [-0.4, -0.2) is 23.4 Å². The van der Waals surface area contributed by atoms with Crippen LogP contribution in [-0.2, 0) is 9.59 Å². The fourth-order valence-corrected chi connectivity index (χ4v) is 1.89. The van der Waals surface area contributed by atoms with E-state index in [1.165, 1.54) is 17.4 Å². The molecule has 0 spiro atoms. The third kappa shape index (κ3) is 2.74. The van der Waals surface area contributed by atoms with Gasteiger partial charge in [0.05, 0.1) is 6.54 Å². The van der Waals surface area contributed by atoms with Crippen LogP contribution in [0, 0.1) is 6.92 Å². The van der Waals surface area contributed by atoms with Gasteiger partial charge >= 0.3 is 5.97 Å². The number of carboxylic acid groups (broad SMARTS) is 1. The smallest absolute Gasteiger partial charge is 0.339 e. The van der Waals surface area contributed by atoms with Gasteiger partial charge in [0.2, 0.25) is 0 Å². The highest BCUT2D eigenvalue weighted by molar-refractivity contribution is 7.11. The van der Waals surface area contributed by atoms with E-state index in [0.29, 0.717) is 0 Å². The number of nitrogens with two attached hydrogens (primary N) is 1. The molecule has 0 aliphatic carbocycles. The SMILES string of the molecule is Cc1ccsc1C=C(C(=O)O)C(=O)CN. The quantitative estimate of drug-likeness (QED) is 0.456. The average Bonchev–Trinajstić information content (AvgIpc) is 2.59. The van der Waals surface area contributed by atoms with Crippen molar-refractivity contribution < 1.29 is 14.7 Å². The van der Waals surface area contributed by atoms with E-state index in [9.17, 15) is 9.59 Å². The predicted octanol–water partition coefficient (Wildman–Crippen LogP) is 1.05. The van der Waals surface area contributed by atoms with E-state index in [1.807, 2.05) is 18.4 Å². The first-order valence-electron chi connectivity index (χ1n) is 4.28. The van der Waals surface area contributed by atoms with Crippen LogP contribution in [0.1, 0.15) is 10.4 Å². The highest BCUT2D eigenvalue weighted by Gasteiger charge is 2.16. The highest BCUT2D eigenvalue weighted by Crippen LogP contribution is 2.19. The minimum atomic E-state index is -1.24. The Balaban J connectivity index is 3.10. The second-order valence-electron chi connectivity index (χ2n) is 2.96. The molecule has 0 fully saturated rings. The summed E-state index contributed by atoms with van der Waals surface area (Å²) < 4.78 is 0. The molecule has 1 aromatic rings. The van der Waals surface area contributed by atoms with E-state index in [1.54, 1.807) is 0 Å². The minimum absolute atomic E-state index is 0.261. The summed E-state index contributed by atoms with van der Waals surface area (Å²) in [5, 5.41) is 10.7. The highest BCUT2D eigenvalue weighted by atomic mass is 32.1. The Morgan fingerprint density at radius 1 is 1.60 bits per heavy atom. The molecule has 3 N–H and O–H groups in total. The van der Waals surface area contributed by atoms with Gasteiger partial charge in [0, 0.05) is 4.88 Å². The first kappa shape index (κ1) is 11.6. The average molecular weight is 225 g/mol. The van der Waals surface area contributed by atoms with Gasteiger partial charge in [-0.3, -0.25) is 4.79 Å². The number of hydrogen-bond acceptors (Lipinski definition) is 4. The third-order valence-corrected chi connectivity index (χ3v) is 2.86. The third-order valence-electron chi connectivity index (χ3n) is 1.89. The number of carbonyl (C=O) groups is 2. The molecule has 1 rings (SSSR count). The second-order valence-corrected chi connectivity index (χ2v) is 3.91.